The van der Waals surface area contributed by atoms with E-state index >= 15 is 0 Å². The van der Waals surface area contributed by atoms with Crippen molar-refractivity contribution in [3.8, 4) is 22.4 Å². The van der Waals surface area contributed by atoms with Crippen molar-refractivity contribution in [1.29, 1.82) is 0 Å². The normalized spacial score (nSPS) is 10.8. The van der Waals surface area contributed by atoms with Crippen LogP contribution in [0.1, 0.15) is 5.56 Å². The lowest BCUT2D eigenvalue weighted by molar-refractivity contribution is 0.621. The van der Waals surface area contributed by atoms with Crippen LogP contribution in [0.5, 0.6) is 0 Å². The molecule has 5 heteroatoms. The lowest BCUT2D eigenvalue weighted by atomic mass is 9.99. The maximum atomic E-state index is 14.3. The first-order valence-corrected chi connectivity index (χ1v) is 6.43. The fourth-order valence-electron chi connectivity index (χ4n) is 2.30. The van der Waals surface area contributed by atoms with E-state index in [1.165, 1.54) is 12.1 Å². The first kappa shape index (κ1) is 13.3. The summed E-state index contributed by atoms with van der Waals surface area (Å²) in [5, 5.41) is 6.72. The molecule has 3 rings (SSSR count). The van der Waals surface area contributed by atoms with Gasteiger partial charge in [0.05, 0.1) is 11.3 Å². The molecule has 0 bridgehead atoms. The summed E-state index contributed by atoms with van der Waals surface area (Å²) in [5.41, 5.74) is 8.53. The van der Waals surface area contributed by atoms with Gasteiger partial charge in [-0.3, -0.25) is 5.10 Å². The summed E-state index contributed by atoms with van der Waals surface area (Å²) in [5.74, 6) is -0.425. The molecule has 21 heavy (non-hydrogen) atoms. The Morgan fingerprint density at radius 1 is 1.05 bits per heavy atom. The van der Waals surface area contributed by atoms with Crippen LogP contribution in [0.2, 0.25) is 0 Å². The number of aromatic nitrogens is 2. The van der Waals surface area contributed by atoms with Crippen LogP contribution in [0.4, 0.5) is 14.6 Å². The van der Waals surface area contributed by atoms with Gasteiger partial charge in [-0.25, -0.2) is 8.78 Å². The van der Waals surface area contributed by atoms with Crippen LogP contribution in [0.3, 0.4) is 0 Å². The van der Waals surface area contributed by atoms with Gasteiger partial charge in [-0.15, -0.1) is 0 Å². The fourth-order valence-corrected chi connectivity index (χ4v) is 2.30. The third-order valence-corrected chi connectivity index (χ3v) is 3.39. The second-order valence-corrected chi connectivity index (χ2v) is 4.80. The molecular weight excluding hydrogens is 272 g/mol. The number of nitrogens with zero attached hydrogens (tertiary/aromatic N) is 1. The average Bonchev–Trinajstić information content (AvgIpc) is 2.85. The molecule has 0 radical (unpaired) electrons. The molecule has 0 fully saturated rings. The summed E-state index contributed by atoms with van der Waals surface area (Å²) in [7, 11) is 0. The summed E-state index contributed by atoms with van der Waals surface area (Å²) >= 11 is 0. The smallest absolute Gasteiger partial charge is 0.153 e. The standard InChI is InChI=1S/C16H13F2N3/c1-9-3-2-4-12(14(9)18)15-13(16(19)21-20-15)10-5-7-11(17)8-6-10/h2-8H,1H3,(H3,19,20,21). The molecule has 3 nitrogen and oxygen atoms in total. The number of nitrogens with one attached hydrogen (secondary N) is 1. The van der Waals surface area contributed by atoms with Gasteiger partial charge < -0.3 is 5.73 Å². The SMILES string of the molecule is Cc1cccc(-c2[nH]nc(N)c2-c2ccc(F)cc2)c1F. The average molecular weight is 285 g/mol. The summed E-state index contributed by atoms with van der Waals surface area (Å²) < 4.78 is 27.4. The van der Waals surface area contributed by atoms with Crippen molar-refractivity contribution in [2.45, 2.75) is 6.92 Å². The number of rotatable bonds is 2. The number of halogens is 2. The zero-order chi connectivity index (χ0) is 15.0. The first-order chi connectivity index (χ1) is 10.1. The lowest BCUT2D eigenvalue weighted by Crippen LogP contribution is -1.92. The van der Waals surface area contributed by atoms with E-state index in [9.17, 15) is 8.78 Å². The molecule has 3 aromatic rings. The minimum Gasteiger partial charge on any atom is -0.382 e. The number of aromatic amines is 1. The number of hydrogen-bond acceptors (Lipinski definition) is 2. The van der Waals surface area contributed by atoms with Gasteiger partial charge in [-0.05, 0) is 36.2 Å². The molecule has 1 heterocycles. The molecule has 0 saturated carbocycles. The fraction of sp³-hybridized carbons (Fsp3) is 0.0625. The van der Waals surface area contributed by atoms with Gasteiger partial charge in [0.2, 0.25) is 0 Å². The molecule has 0 saturated heterocycles. The van der Waals surface area contributed by atoms with E-state index in [1.807, 2.05) is 0 Å². The third-order valence-electron chi connectivity index (χ3n) is 3.39. The van der Waals surface area contributed by atoms with Crippen LogP contribution < -0.4 is 5.73 Å². The Kier molecular flexibility index (Phi) is 3.17. The lowest BCUT2D eigenvalue weighted by Gasteiger charge is -2.07. The highest BCUT2D eigenvalue weighted by atomic mass is 19.1. The van der Waals surface area contributed by atoms with Gasteiger partial charge in [0.15, 0.2) is 5.82 Å². The molecule has 0 aliphatic carbocycles. The molecular formula is C16H13F2N3. The quantitative estimate of drug-likeness (QED) is 0.750. The largest absolute Gasteiger partial charge is 0.382 e. The monoisotopic (exact) mass is 285 g/mol. The van der Waals surface area contributed by atoms with Gasteiger partial charge in [-0.1, -0.05) is 24.3 Å². The van der Waals surface area contributed by atoms with Gasteiger partial charge in [0.25, 0.3) is 0 Å². The van der Waals surface area contributed by atoms with Crippen LogP contribution in [-0.2, 0) is 0 Å². The van der Waals surface area contributed by atoms with Crippen LogP contribution in [-0.4, -0.2) is 10.2 Å². The van der Waals surface area contributed by atoms with E-state index < -0.39 is 0 Å². The van der Waals surface area contributed by atoms with Crippen molar-refractivity contribution in [2.75, 3.05) is 5.73 Å². The predicted molar refractivity (Wildman–Crippen MR) is 78.5 cm³/mol. The Bertz CT molecular complexity index is 792. The molecule has 3 N–H and O–H groups in total. The number of nitrogen functional groups attached to an aromatic ring is 1. The molecule has 0 atom stereocenters. The van der Waals surface area contributed by atoms with Crippen molar-refractivity contribution < 1.29 is 8.78 Å². The number of hydrogen-bond donors (Lipinski definition) is 2. The second kappa shape index (κ2) is 5.01. The van der Waals surface area contributed by atoms with Crippen molar-refractivity contribution in [3.63, 3.8) is 0 Å². The Balaban J connectivity index is 2.22. The number of benzene rings is 2. The molecule has 106 valence electrons. The summed E-state index contributed by atoms with van der Waals surface area (Å²) in [6, 6.07) is 11.0. The highest BCUT2D eigenvalue weighted by Crippen LogP contribution is 2.36. The van der Waals surface area contributed by atoms with E-state index in [4.69, 9.17) is 5.73 Å². The van der Waals surface area contributed by atoms with Crippen LogP contribution in [0.25, 0.3) is 22.4 Å². The molecule has 0 aliphatic rings. The Morgan fingerprint density at radius 2 is 1.76 bits per heavy atom. The van der Waals surface area contributed by atoms with Crippen molar-refractivity contribution in [2.24, 2.45) is 0 Å². The van der Waals surface area contributed by atoms with E-state index in [-0.39, 0.29) is 17.5 Å². The number of aryl methyl sites for hydroxylation is 1. The molecule has 0 aliphatic heterocycles. The van der Waals surface area contributed by atoms with Crippen molar-refractivity contribution in [3.05, 3.63) is 59.7 Å². The predicted octanol–water partition coefficient (Wildman–Crippen LogP) is 3.91. The van der Waals surface area contributed by atoms with Gasteiger partial charge in [0, 0.05) is 5.56 Å². The topological polar surface area (TPSA) is 54.7 Å². The Morgan fingerprint density at radius 3 is 2.48 bits per heavy atom. The number of H-pyrrole nitrogens is 1. The molecule has 1 aromatic heterocycles. The molecule has 0 amide bonds. The third kappa shape index (κ3) is 2.27. The molecule has 0 unspecified atom stereocenters. The Hall–Kier alpha value is -2.69. The van der Waals surface area contributed by atoms with Gasteiger partial charge >= 0.3 is 0 Å². The minimum atomic E-state index is -0.343. The minimum absolute atomic E-state index is 0.248. The number of anilines is 1. The first-order valence-electron chi connectivity index (χ1n) is 6.43. The summed E-state index contributed by atoms with van der Waals surface area (Å²) in [6.45, 7) is 1.69. The van der Waals surface area contributed by atoms with Crippen molar-refractivity contribution in [1.82, 2.24) is 10.2 Å². The second-order valence-electron chi connectivity index (χ2n) is 4.80. The van der Waals surface area contributed by atoms with Crippen LogP contribution in [0.15, 0.2) is 42.5 Å². The zero-order valence-corrected chi connectivity index (χ0v) is 11.3. The van der Waals surface area contributed by atoms with E-state index in [2.05, 4.69) is 10.2 Å². The highest BCUT2D eigenvalue weighted by molar-refractivity contribution is 5.88. The Labute approximate surface area is 120 Å². The summed E-state index contributed by atoms with van der Waals surface area (Å²) in [6.07, 6.45) is 0. The van der Waals surface area contributed by atoms with Crippen molar-refractivity contribution >= 4 is 5.82 Å². The maximum absolute atomic E-state index is 14.3. The van der Waals surface area contributed by atoms with Gasteiger partial charge in [-0.2, -0.15) is 5.10 Å². The highest BCUT2D eigenvalue weighted by Gasteiger charge is 2.18. The zero-order valence-electron chi connectivity index (χ0n) is 11.3. The van der Waals surface area contributed by atoms with Gasteiger partial charge in [0.1, 0.15) is 11.6 Å². The van der Waals surface area contributed by atoms with Crippen LogP contribution in [0, 0.1) is 18.6 Å². The van der Waals surface area contributed by atoms with Crippen LogP contribution >= 0.6 is 0 Å². The van der Waals surface area contributed by atoms with E-state index in [0.29, 0.717) is 27.9 Å². The van der Waals surface area contributed by atoms with E-state index in [1.54, 1.807) is 37.3 Å². The van der Waals surface area contributed by atoms with E-state index in [0.717, 1.165) is 0 Å². The summed E-state index contributed by atoms with van der Waals surface area (Å²) in [4.78, 5) is 0. The molecule has 2 aromatic carbocycles. The number of nitrogens with two attached hydrogens (primary N) is 1. The maximum Gasteiger partial charge on any atom is 0.153 e. The molecule has 0 spiro atoms.